The summed E-state index contributed by atoms with van der Waals surface area (Å²) in [6.45, 7) is 1.55. The number of aryl methyl sites for hydroxylation is 1. The van der Waals surface area contributed by atoms with E-state index in [1.807, 2.05) is 11.6 Å². The maximum atomic E-state index is 13.1. The number of hydrogen-bond donors (Lipinski definition) is 0. The van der Waals surface area contributed by atoms with E-state index in [0.29, 0.717) is 28.7 Å². The molecule has 1 aromatic carbocycles. The van der Waals surface area contributed by atoms with Crippen LogP contribution in [0.2, 0.25) is 0 Å². The molecule has 2 fully saturated rings. The number of benzene rings is 1. The first kappa shape index (κ1) is 24.1. The van der Waals surface area contributed by atoms with E-state index in [9.17, 15) is 14.9 Å². The fourth-order valence-electron chi connectivity index (χ4n) is 5.93. The van der Waals surface area contributed by atoms with Crippen molar-refractivity contribution in [2.45, 2.75) is 50.9 Å². The first-order valence-electron chi connectivity index (χ1n) is 12.8. The van der Waals surface area contributed by atoms with Gasteiger partial charge in [-0.1, -0.05) is 25.0 Å². The number of piperidine rings is 1. The number of pyridine rings is 1. The van der Waals surface area contributed by atoms with Crippen molar-refractivity contribution in [3.05, 3.63) is 58.9 Å². The Morgan fingerprint density at radius 2 is 1.92 bits per heavy atom. The van der Waals surface area contributed by atoms with E-state index in [1.54, 1.807) is 37.6 Å². The summed E-state index contributed by atoms with van der Waals surface area (Å²) in [5.74, 6) is 1.46. The smallest absolute Gasteiger partial charge is 0.225 e. The molecule has 7 nitrogen and oxygen atoms in total. The van der Waals surface area contributed by atoms with Gasteiger partial charge in [-0.3, -0.25) is 9.59 Å². The van der Waals surface area contributed by atoms with Crippen LogP contribution in [0.4, 0.5) is 0 Å². The van der Waals surface area contributed by atoms with Crippen LogP contribution in [-0.4, -0.2) is 46.3 Å². The summed E-state index contributed by atoms with van der Waals surface area (Å²) in [7, 11) is 3.62. The number of hydrogen-bond acceptors (Lipinski definition) is 5. The van der Waals surface area contributed by atoms with Crippen molar-refractivity contribution in [2.24, 2.45) is 13.0 Å². The summed E-state index contributed by atoms with van der Waals surface area (Å²) < 4.78 is 7.91. The highest BCUT2D eigenvalue weighted by molar-refractivity contribution is 5.99. The van der Waals surface area contributed by atoms with Gasteiger partial charge in [0.1, 0.15) is 11.4 Å². The number of nitriles is 1. The second-order valence-electron chi connectivity index (χ2n) is 10.1. The third-order valence-electron chi connectivity index (χ3n) is 7.86. The minimum Gasteiger partial charge on any atom is -0.496 e. The number of nitrogens with zero attached hydrogens (tertiary/aromatic N) is 4. The molecule has 2 aromatic heterocycles. The largest absolute Gasteiger partial charge is 0.496 e. The molecule has 1 aliphatic heterocycles. The van der Waals surface area contributed by atoms with Crippen molar-refractivity contribution >= 4 is 22.7 Å². The maximum absolute atomic E-state index is 13.1. The molecule has 1 saturated heterocycles. The Hall–Kier alpha value is -3.66. The highest BCUT2D eigenvalue weighted by atomic mass is 16.5. The molecule has 0 atom stereocenters. The summed E-state index contributed by atoms with van der Waals surface area (Å²) in [4.78, 5) is 32.7. The van der Waals surface area contributed by atoms with E-state index in [0.717, 1.165) is 55.4 Å². The fraction of sp³-hybridized carbons (Fsp3) is 0.448. The molecule has 0 N–H and O–H groups in total. The third-order valence-corrected chi connectivity index (χ3v) is 7.86. The van der Waals surface area contributed by atoms with Crippen molar-refractivity contribution in [3.8, 4) is 11.8 Å². The van der Waals surface area contributed by atoms with Crippen molar-refractivity contribution in [1.82, 2.24) is 14.5 Å². The van der Waals surface area contributed by atoms with Gasteiger partial charge >= 0.3 is 0 Å². The van der Waals surface area contributed by atoms with Gasteiger partial charge in [0.25, 0.3) is 0 Å². The van der Waals surface area contributed by atoms with Crippen LogP contribution in [0.25, 0.3) is 11.0 Å². The molecule has 36 heavy (non-hydrogen) atoms. The van der Waals surface area contributed by atoms with Crippen LogP contribution < -0.4 is 4.74 Å². The molecule has 0 unspecified atom stereocenters. The standard InChI is InChI=1S/C29H32N4O3/c1-32-18-24(20-10-12-33(13-11-20)29(35)21-7-3-4-8-21)26-27(36-2)23(17-31-28(26)32)15-25(34)22-9-5-6-19(14-22)16-30/h5-6,9,14,17-18,20-21H,3-4,7-8,10-13,15H2,1-2H3. The minimum absolute atomic E-state index is 0.0808. The van der Waals surface area contributed by atoms with Crippen molar-refractivity contribution in [1.29, 1.82) is 5.26 Å². The monoisotopic (exact) mass is 484 g/mol. The van der Waals surface area contributed by atoms with Crippen molar-refractivity contribution < 1.29 is 14.3 Å². The van der Waals surface area contributed by atoms with Crippen LogP contribution >= 0.6 is 0 Å². The first-order valence-corrected chi connectivity index (χ1v) is 12.8. The average molecular weight is 485 g/mol. The number of likely N-dealkylation sites (tertiary alicyclic amines) is 1. The Bertz CT molecular complexity index is 1340. The zero-order valence-electron chi connectivity index (χ0n) is 21.0. The molecule has 0 spiro atoms. The van der Waals surface area contributed by atoms with E-state index < -0.39 is 0 Å². The summed E-state index contributed by atoms with van der Waals surface area (Å²) in [6.07, 6.45) is 10.2. The van der Waals surface area contributed by atoms with Gasteiger partial charge in [-0.05, 0) is 49.3 Å². The highest BCUT2D eigenvalue weighted by Gasteiger charge is 2.32. The molecular weight excluding hydrogens is 452 g/mol. The van der Waals surface area contributed by atoms with E-state index >= 15 is 0 Å². The third kappa shape index (κ3) is 4.48. The average Bonchev–Trinajstić information content (AvgIpc) is 3.57. The second-order valence-corrected chi connectivity index (χ2v) is 10.1. The number of fused-ring (bicyclic) bond motifs is 1. The Labute approximate surface area is 211 Å². The zero-order chi connectivity index (χ0) is 25.2. The Kier molecular flexibility index (Phi) is 6.77. The molecule has 3 aromatic rings. The summed E-state index contributed by atoms with van der Waals surface area (Å²) in [6, 6.07) is 8.86. The molecule has 1 amide bonds. The Morgan fingerprint density at radius 3 is 2.61 bits per heavy atom. The predicted octanol–water partition coefficient (Wildman–Crippen LogP) is 4.78. The molecule has 0 radical (unpaired) electrons. The summed E-state index contributed by atoms with van der Waals surface area (Å²) >= 11 is 0. The van der Waals surface area contributed by atoms with Gasteiger partial charge < -0.3 is 14.2 Å². The number of carbonyl (C=O) groups is 2. The maximum Gasteiger partial charge on any atom is 0.225 e. The normalized spacial score (nSPS) is 16.9. The molecule has 3 heterocycles. The second kappa shape index (κ2) is 10.1. The van der Waals surface area contributed by atoms with Gasteiger partial charge in [-0.2, -0.15) is 5.26 Å². The number of aromatic nitrogens is 2. The Balaban J connectivity index is 1.40. The highest BCUT2D eigenvalue weighted by Crippen LogP contribution is 2.40. The fourth-order valence-corrected chi connectivity index (χ4v) is 5.93. The lowest BCUT2D eigenvalue weighted by atomic mass is 9.88. The zero-order valence-corrected chi connectivity index (χ0v) is 21.0. The van der Waals surface area contributed by atoms with Gasteiger partial charge in [0, 0.05) is 56.0 Å². The lowest BCUT2D eigenvalue weighted by Crippen LogP contribution is -2.40. The van der Waals surface area contributed by atoms with Crippen LogP contribution in [0.5, 0.6) is 5.75 Å². The number of methoxy groups -OCH3 is 1. The number of Topliss-reactive ketones (excluding diaryl/α,β-unsaturated/α-hetero) is 1. The molecule has 2 aliphatic rings. The number of amides is 1. The summed E-state index contributed by atoms with van der Waals surface area (Å²) in [5.41, 5.74) is 3.70. The van der Waals surface area contributed by atoms with Gasteiger partial charge in [0.15, 0.2) is 5.78 Å². The van der Waals surface area contributed by atoms with Crippen molar-refractivity contribution in [3.63, 3.8) is 0 Å². The molecule has 186 valence electrons. The Morgan fingerprint density at radius 1 is 1.17 bits per heavy atom. The van der Waals surface area contributed by atoms with Crippen LogP contribution in [0.3, 0.4) is 0 Å². The molecular formula is C29H32N4O3. The van der Waals surface area contributed by atoms with Crippen molar-refractivity contribution in [2.75, 3.05) is 20.2 Å². The predicted molar refractivity (Wildman–Crippen MR) is 137 cm³/mol. The van der Waals surface area contributed by atoms with Crippen LogP contribution in [0.1, 0.15) is 71.5 Å². The lowest BCUT2D eigenvalue weighted by Gasteiger charge is -2.33. The van der Waals surface area contributed by atoms with E-state index in [1.165, 1.54) is 18.4 Å². The topological polar surface area (TPSA) is 88.2 Å². The summed E-state index contributed by atoms with van der Waals surface area (Å²) in [5, 5.41) is 10.1. The molecule has 1 aliphatic carbocycles. The SMILES string of the molecule is COc1c(CC(=O)c2cccc(C#N)c2)cnc2c1c(C1CCN(C(=O)C3CCCC3)CC1)cn2C. The molecule has 0 bridgehead atoms. The van der Waals surface area contributed by atoms with E-state index in [2.05, 4.69) is 17.2 Å². The number of ketones is 1. The van der Waals surface area contributed by atoms with Gasteiger partial charge in [0.05, 0.1) is 24.1 Å². The van der Waals surface area contributed by atoms with E-state index in [4.69, 9.17) is 9.72 Å². The van der Waals surface area contributed by atoms with Crippen LogP contribution in [0, 0.1) is 17.2 Å². The molecule has 5 rings (SSSR count). The molecule has 7 heteroatoms. The first-order chi connectivity index (χ1) is 17.5. The van der Waals surface area contributed by atoms with Crippen LogP contribution in [-0.2, 0) is 18.3 Å². The molecule has 1 saturated carbocycles. The van der Waals surface area contributed by atoms with E-state index in [-0.39, 0.29) is 18.1 Å². The number of ether oxygens (including phenoxy) is 1. The lowest BCUT2D eigenvalue weighted by molar-refractivity contribution is -0.136. The van der Waals surface area contributed by atoms with Gasteiger partial charge in [0.2, 0.25) is 5.91 Å². The quantitative estimate of drug-likeness (QED) is 0.470. The van der Waals surface area contributed by atoms with Gasteiger partial charge in [-0.15, -0.1) is 0 Å². The van der Waals surface area contributed by atoms with Crippen LogP contribution in [0.15, 0.2) is 36.7 Å². The number of rotatable bonds is 6. The minimum atomic E-state index is -0.0808. The van der Waals surface area contributed by atoms with Gasteiger partial charge in [-0.25, -0.2) is 4.98 Å². The number of carbonyl (C=O) groups excluding carboxylic acids is 2.